The van der Waals surface area contributed by atoms with Crippen LogP contribution in [0.1, 0.15) is 17.5 Å². The first-order valence-electron chi connectivity index (χ1n) is 8.31. The second kappa shape index (κ2) is 7.30. The maximum atomic E-state index is 12.4. The van der Waals surface area contributed by atoms with Gasteiger partial charge in [0.1, 0.15) is 0 Å². The highest BCUT2D eigenvalue weighted by Crippen LogP contribution is 2.21. The Kier molecular flexibility index (Phi) is 4.94. The average Bonchev–Trinajstić information content (AvgIpc) is 2.97. The van der Waals surface area contributed by atoms with Crippen LogP contribution < -0.4 is 5.32 Å². The summed E-state index contributed by atoms with van der Waals surface area (Å²) in [6.45, 7) is 3.13. The number of likely N-dealkylation sites (tertiary alicyclic amines) is 1. The third-order valence-electron chi connectivity index (χ3n) is 4.50. The van der Waals surface area contributed by atoms with E-state index in [1.165, 1.54) is 5.56 Å². The Balaban J connectivity index is 1.56. The van der Waals surface area contributed by atoms with Gasteiger partial charge in [-0.15, -0.1) is 0 Å². The van der Waals surface area contributed by atoms with Gasteiger partial charge in [0.15, 0.2) is 0 Å². The molecule has 1 saturated heterocycles. The third-order valence-corrected chi connectivity index (χ3v) is 4.50. The Bertz CT molecular complexity index is 727. The SMILES string of the molecule is Cc1ccccc1NC(=O)C1CC(=O)N(CCc2ccccc2)C1. The van der Waals surface area contributed by atoms with Gasteiger partial charge in [0.2, 0.25) is 11.8 Å². The van der Waals surface area contributed by atoms with E-state index in [1.54, 1.807) is 4.90 Å². The van der Waals surface area contributed by atoms with Crippen molar-refractivity contribution in [2.75, 3.05) is 18.4 Å². The summed E-state index contributed by atoms with van der Waals surface area (Å²) in [6, 6.07) is 17.8. The number of anilines is 1. The standard InChI is InChI=1S/C20H22N2O2/c1-15-7-5-6-10-18(15)21-20(24)17-13-19(23)22(14-17)12-11-16-8-3-2-4-9-16/h2-10,17H,11-14H2,1H3,(H,21,24). The minimum absolute atomic E-state index is 0.0656. The molecule has 1 heterocycles. The van der Waals surface area contributed by atoms with Gasteiger partial charge in [-0.3, -0.25) is 9.59 Å². The molecule has 24 heavy (non-hydrogen) atoms. The second-order valence-electron chi connectivity index (χ2n) is 6.28. The van der Waals surface area contributed by atoms with Crippen molar-refractivity contribution >= 4 is 17.5 Å². The van der Waals surface area contributed by atoms with E-state index in [1.807, 2.05) is 49.4 Å². The molecule has 3 rings (SSSR count). The van der Waals surface area contributed by atoms with Gasteiger partial charge in [0.25, 0.3) is 0 Å². The average molecular weight is 322 g/mol. The fraction of sp³-hybridized carbons (Fsp3) is 0.300. The molecule has 4 nitrogen and oxygen atoms in total. The second-order valence-corrected chi connectivity index (χ2v) is 6.28. The van der Waals surface area contributed by atoms with Crippen LogP contribution in [0, 0.1) is 12.8 Å². The molecular formula is C20H22N2O2. The lowest BCUT2D eigenvalue weighted by molar-refractivity contribution is -0.128. The molecule has 0 bridgehead atoms. The maximum Gasteiger partial charge on any atom is 0.229 e. The molecule has 2 aromatic rings. The van der Waals surface area contributed by atoms with Crippen LogP contribution >= 0.6 is 0 Å². The molecule has 0 saturated carbocycles. The molecule has 0 aliphatic carbocycles. The first-order chi connectivity index (χ1) is 11.6. The number of nitrogens with one attached hydrogen (secondary N) is 1. The van der Waals surface area contributed by atoms with Crippen molar-refractivity contribution in [3.8, 4) is 0 Å². The van der Waals surface area contributed by atoms with Gasteiger partial charge in [-0.05, 0) is 30.5 Å². The molecule has 2 aromatic carbocycles. The van der Waals surface area contributed by atoms with Gasteiger partial charge in [0, 0.05) is 25.2 Å². The van der Waals surface area contributed by atoms with Gasteiger partial charge in [-0.25, -0.2) is 0 Å². The lowest BCUT2D eigenvalue weighted by Crippen LogP contribution is -2.30. The van der Waals surface area contributed by atoms with E-state index >= 15 is 0 Å². The molecule has 2 amide bonds. The number of carbonyl (C=O) groups is 2. The fourth-order valence-corrected chi connectivity index (χ4v) is 3.02. The Morgan fingerprint density at radius 3 is 2.58 bits per heavy atom. The Hall–Kier alpha value is -2.62. The number of amides is 2. The van der Waals surface area contributed by atoms with Crippen molar-refractivity contribution in [1.29, 1.82) is 0 Å². The van der Waals surface area contributed by atoms with Crippen molar-refractivity contribution in [2.45, 2.75) is 19.8 Å². The van der Waals surface area contributed by atoms with Crippen molar-refractivity contribution < 1.29 is 9.59 Å². The van der Waals surface area contributed by atoms with Gasteiger partial charge in [-0.2, -0.15) is 0 Å². The highest BCUT2D eigenvalue weighted by atomic mass is 16.2. The predicted molar refractivity (Wildman–Crippen MR) is 94.6 cm³/mol. The fourth-order valence-electron chi connectivity index (χ4n) is 3.02. The lowest BCUT2D eigenvalue weighted by atomic mass is 10.1. The van der Waals surface area contributed by atoms with E-state index in [2.05, 4.69) is 17.4 Å². The predicted octanol–water partition coefficient (Wildman–Crippen LogP) is 3.02. The summed E-state index contributed by atoms with van der Waals surface area (Å²) >= 11 is 0. The van der Waals surface area contributed by atoms with Crippen molar-refractivity contribution in [2.24, 2.45) is 5.92 Å². The van der Waals surface area contributed by atoms with Crippen LogP contribution in [-0.2, 0) is 16.0 Å². The maximum absolute atomic E-state index is 12.4. The zero-order valence-electron chi connectivity index (χ0n) is 13.9. The van der Waals surface area contributed by atoms with Crippen molar-refractivity contribution in [3.05, 3.63) is 65.7 Å². The molecule has 1 fully saturated rings. The van der Waals surface area contributed by atoms with Crippen LogP contribution in [0.3, 0.4) is 0 Å². The van der Waals surface area contributed by atoms with E-state index < -0.39 is 0 Å². The van der Waals surface area contributed by atoms with E-state index in [0.717, 1.165) is 17.7 Å². The number of hydrogen-bond acceptors (Lipinski definition) is 2. The Morgan fingerprint density at radius 1 is 1.12 bits per heavy atom. The molecule has 0 radical (unpaired) electrons. The Labute approximate surface area is 142 Å². The number of rotatable bonds is 5. The zero-order valence-corrected chi connectivity index (χ0v) is 13.9. The molecule has 1 aliphatic heterocycles. The van der Waals surface area contributed by atoms with Crippen LogP contribution in [-0.4, -0.2) is 29.8 Å². The van der Waals surface area contributed by atoms with Crippen LogP contribution in [0.5, 0.6) is 0 Å². The minimum atomic E-state index is -0.270. The third kappa shape index (κ3) is 3.82. The van der Waals surface area contributed by atoms with E-state index in [0.29, 0.717) is 19.5 Å². The van der Waals surface area contributed by atoms with E-state index in [9.17, 15) is 9.59 Å². The van der Waals surface area contributed by atoms with Gasteiger partial charge in [0.05, 0.1) is 5.92 Å². The first-order valence-corrected chi connectivity index (χ1v) is 8.31. The zero-order chi connectivity index (χ0) is 16.9. The minimum Gasteiger partial charge on any atom is -0.342 e. The van der Waals surface area contributed by atoms with Crippen LogP contribution in [0.2, 0.25) is 0 Å². The lowest BCUT2D eigenvalue weighted by Gasteiger charge is -2.17. The molecular weight excluding hydrogens is 300 g/mol. The largest absolute Gasteiger partial charge is 0.342 e. The Morgan fingerprint density at radius 2 is 1.83 bits per heavy atom. The summed E-state index contributed by atoms with van der Waals surface area (Å²) in [5.74, 6) is -0.274. The highest BCUT2D eigenvalue weighted by molar-refractivity contribution is 5.97. The van der Waals surface area contributed by atoms with Crippen LogP contribution in [0.25, 0.3) is 0 Å². The molecule has 1 unspecified atom stereocenters. The van der Waals surface area contributed by atoms with Crippen LogP contribution in [0.15, 0.2) is 54.6 Å². The summed E-state index contributed by atoms with van der Waals surface area (Å²) < 4.78 is 0. The molecule has 1 aliphatic rings. The molecule has 0 spiro atoms. The summed E-state index contributed by atoms with van der Waals surface area (Å²) in [4.78, 5) is 26.4. The number of para-hydroxylation sites is 1. The van der Waals surface area contributed by atoms with E-state index in [4.69, 9.17) is 0 Å². The molecule has 4 heteroatoms. The smallest absolute Gasteiger partial charge is 0.229 e. The number of nitrogens with zero attached hydrogens (tertiary/aromatic N) is 1. The normalized spacial score (nSPS) is 17.1. The van der Waals surface area contributed by atoms with E-state index in [-0.39, 0.29) is 17.7 Å². The van der Waals surface area contributed by atoms with Crippen molar-refractivity contribution in [3.63, 3.8) is 0 Å². The van der Waals surface area contributed by atoms with Gasteiger partial charge in [-0.1, -0.05) is 48.5 Å². The highest BCUT2D eigenvalue weighted by Gasteiger charge is 2.34. The number of benzene rings is 2. The number of carbonyl (C=O) groups excluding carboxylic acids is 2. The van der Waals surface area contributed by atoms with Gasteiger partial charge < -0.3 is 10.2 Å². The number of aryl methyl sites for hydroxylation is 1. The summed E-state index contributed by atoms with van der Waals surface area (Å²) in [5.41, 5.74) is 3.05. The molecule has 0 aromatic heterocycles. The monoisotopic (exact) mass is 322 g/mol. The van der Waals surface area contributed by atoms with Gasteiger partial charge >= 0.3 is 0 Å². The summed E-state index contributed by atoms with van der Waals surface area (Å²) in [5, 5.41) is 2.95. The van der Waals surface area contributed by atoms with Crippen LogP contribution in [0.4, 0.5) is 5.69 Å². The molecule has 1 atom stereocenters. The summed E-state index contributed by atoms with van der Waals surface area (Å²) in [7, 11) is 0. The quantitative estimate of drug-likeness (QED) is 0.920. The summed E-state index contributed by atoms with van der Waals surface area (Å²) in [6.07, 6.45) is 1.12. The van der Waals surface area contributed by atoms with Crippen molar-refractivity contribution in [1.82, 2.24) is 4.90 Å². The topological polar surface area (TPSA) is 49.4 Å². The first kappa shape index (κ1) is 16.2. The number of hydrogen-bond donors (Lipinski definition) is 1. The molecule has 124 valence electrons. The molecule has 1 N–H and O–H groups in total.